The van der Waals surface area contributed by atoms with Crippen LogP contribution in [0, 0.1) is 19.8 Å². The van der Waals surface area contributed by atoms with Gasteiger partial charge in [-0.25, -0.2) is 4.98 Å². The van der Waals surface area contributed by atoms with E-state index in [9.17, 15) is 4.79 Å². The first-order valence-electron chi connectivity index (χ1n) is 7.98. The molecule has 0 unspecified atom stereocenters. The largest absolute Gasteiger partial charge is 0.326 e. The van der Waals surface area contributed by atoms with E-state index in [1.807, 2.05) is 41.9 Å². The molecule has 1 amide bonds. The molecule has 1 fully saturated rings. The SMILES string of the molecule is Cc1ccc(-c2cn3cccc(C)c3n2)cc1NC(=O)C1CC1. The Bertz CT molecular complexity index is 906. The van der Waals surface area contributed by atoms with Crippen molar-refractivity contribution in [3.63, 3.8) is 0 Å². The highest BCUT2D eigenvalue weighted by atomic mass is 16.2. The van der Waals surface area contributed by atoms with Crippen molar-refractivity contribution >= 4 is 17.2 Å². The van der Waals surface area contributed by atoms with Gasteiger partial charge in [-0.05, 0) is 49.9 Å². The zero-order valence-electron chi connectivity index (χ0n) is 13.3. The summed E-state index contributed by atoms with van der Waals surface area (Å²) >= 11 is 0. The molecule has 0 radical (unpaired) electrons. The Morgan fingerprint density at radius 3 is 2.78 bits per heavy atom. The minimum atomic E-state index is 0.135. The number of aromatic nitrogens is 2. The molecule has 4 nitrogen and oxygen atoms in total. The van der Waals surface area contributed by atoms with E-state index >= 15 is 0 Å². The van der Waals surface area contributed by atoms with Crippen LogP contribution in [0.5, 0.6) is 0 Å². The number of hydrogen-bond acceptors (Lipinski definition) is 2. The Morgan fingerprint density at radius 1 is 1.22 bits per heavy atom. The van der Waals surface area contributed by atoms with Gasteiger partial charge in [0, 0.05) is 29.6 Å². The summed E-state index contributed by atoms with van der Waals surface area (Å²) in [6, 6.07) is 10.2. The predicted molar refractivity (Wildman–Crippen MR) is 91.5 cm³/mol. The highest BCUT2D eigenvalue weighted by molar-refractivity contribution is 5.95. The van der Waals surface area contributed by atoms with Gasteiger partial charge >= 0.3 is 0 Å². The number of nitrogens with one attached hydrogen (secondary N) is 1. The van der Waals surface area contributed by atoms with E-state index in [1.165, 1.54) is 0 Å². The summed E-state index contributed by atoms with van der Waals surface area (Å²) in [5, 5.41) is 3.05. The molecule has 4 rings (SSSR count). The van der Waals surface area contributed by atoms with Crippen LogP contribution in [0.3, 0.4) is 0 Å². The number of imidazole rings is 1. The van der Waals surface area contributed by atoms with Gasteiger partial charge in [0.05, 0.1) is 5.69 Å². The number of hydrogen-bond donors (Lipinski definition) is 1. The quantitative estimate of drug-likeness (QED) is 0.796. The molecule has 0 bridgehead atoms. The van der Waals surface area contributed by atoms with E-state index in [0.717, 1.165) is 46.6 Å². The summed E-state index contributed by atoms with van der Waals surface area (Å²) in [6.45, 7) is 4.07. The second-order valence-corrected chi connectivity index (χ2v) is 6.34. The van der Waals surface area contributed by atoms with Crippen LogP contribution in [0.2, 0.25) is 0 Å². The summed E-state index contributed by atoms with van der Waals surface area (Å²) in [4.78, 5) is 16.8. The van der Waals surface area contributed by atoms with Gasteiger partial charge in [0.15, 0.2) is 0 Å². The van der Waals surface area contributed by atoms with Gasteiger partial charge in [0.1, 0.15) is 5.65 Å². The molecule has 0 aliphatic heterocycles. The minimum absolute atomic E-state index is 0.135. The Kier molecular flexibility index (Phi) is 3.18. The molecule has 1 aromatic carbocycles. The summed E-state index contributed by atoms with van der Waals surface area (Å²) in [5.74, 6) is 0.340. The number of anilines is 1. The summed E-state index contributed by atoms with van der Waals surface area (Å²) in [6.07, 6.45) is 6.05. The minimum Gasteiger partial charge on any atom is -0.326 e. The zero-order chi connectivity index (χ0) is 16.0. The van der Waals surface area contributed by atoms with E-state index in [4.69, 9.17) is 4.98 Å². The van der Waals surface area contributed by atoms with E-state index in [1.54, 1.807) is 0 Å². The lowest BCUT2D eigenvalue weighted by Gasteiger charge is -2.09. The van der Waals surface area contributed by atoms with Crippen LogP contribution in [0.4, 0.5) is 5.69 Å². The Balaban J connectivity index is 1.72. The lowest BCUT2D eigenvalue weighted by Crippen LogP contribution is -2.14. The fraction of sp³-hybridized carbons (Fsp3) is 0.263. The number of amides is 1. The first-order chi connectivity index (χ1) is 11.1. The average Bonchev–Trinajstić information content (AvgIpc) is 3.29. The van der Waals surface area contributed by atoms with Crippen molar-refractivity contribution in [3.05, 3.63) is 53.9 Å². The van der Waals surface area contributed by atoms with E-state index in [-0.39, 0.29) is 11.8 Å². The summed E-state index contributed by atoms with van der Waals surface area (Å²) in [7, 11) is 0. The van der Waals surface area contributed by atoms with Crippen molar-refractivity contribution < 1.29 is 4.79 Å². The van der Waals surface area contributed by atoms with Crippen LogP contribution in [0.15, 0.2) is 42.7 Å². The van der Waals surface area contributed by atoms with E-state index in [0.29, 0.717) is 0 Å². The highest BCUT2D eigenvalue weighted by Crippen LogP contribution is 2.32. The van der Waals surface area contributed by atoms with Crippen LogP contribution in [-0.4, -0.2) is 15.3 Å². The molecule has 4 heteroatoms. The third-order valence-electron chi connectivity index (χ3n) is 4.42. The standard InChI is InChI=1S/C19H19N3O/c1-12-5-6-15(10-16(12)21-19(23)14-7-8-14)17-11-22-9-3-4-13(2)18(22)20-17/h3-6,9-11,14H,7-8H2,1-2H3,(H,21,23). The maximum absolute atomic E-state index is 12.0. The molecule has 1 aliphatic rings. The van der Waals surface area contributed by atoms with Gasteiger partial charge in [-0.3, -0.25) is 4.79 Å². The smallest absolute Gasteiger partial charge is 0.227 e. The van der Waals surface area contributed by atoms with Gasteiger partial charge in [-0.15, -0.1) is 0 Å². The first kappa shape index (κ1) is 14.0. The molecule has 1 aliphatic carbocycles. The Labute approximate surface area is 135 Å². The molecule has 1 N–H and O–H groups in total. The molecule has 0 spiro atoms. The number of rotatable bonds is 3. The molecule has 23 heavy (non-hydrogen) atoms. The second kappa shape index (κ2) is 5.23. The molecule has 3 aromatic rings. The summed E-state index contributed by atoms with van der Waals surface area (Å²) < 4.78 is 2.03. The van der Waals surface area contributed by atoms with Crippen LogP contribution in [-0.2, 0) is 4.79 Å². The monoisotopic (exact) mass is 305 g/mol. The molecule has 2 aromatic heterocycles. The third-order valence-corrected chi connectivity index (χ3v) is 4.42. The molecular formula is C19H19N3O. The van der Waals surface area contributed by atoms with Crippen molar-refractivity contribution in [1.29, 1.82) is 0 Å². The molecule has 0 saturated heterocycles. The van der Waals surface area contributed by atoms with Gasteiger partial charge in [-0.2, -0.15) is 0 Å². The van der Waals surface area contributed by atoms with Gasteiger partial charge < -0.3 is 9.72 Å². The van der Waals surface area contributed by atoms with Crippen molar-refractivity contribution in [1.82, 2.24) is 9.38 Å². The van der Waals surface area contributed by atoms with Crippen molar-refractivity contribution in [2.75, 3.05) is 5.32 Å². The first-order valence-corrected chi connectivity index (χ1v) is 7.98. The van der Waals surface area contributed by atoms with Crippen molar-refractivity contribution in [2.24, 2.45) is 5.92 Å². The zero-order valence-corrected chi connectivity index (χ0v) is 13.3. The number of benzene rings is 1. The number of carbonyl (C=O) groups is 1. The number of aryl methyl sites for hydroxylation is 2. The van der Waals surface area contributed by atoms with Crippen LogP contribution in [0.25, 0.3) is 16.9 Å². The van der Waals surface area contributed by atoms with Crippen LogP contribution < -0.4 is 5.32 Å². The normalized spacial score (nSPS) is 14.2. The molecule has 0 atom stereocenters. The second-order valence-electron chi connectivity index (χ2n) is 6.34. The number of fused-ring (bicyclic) bond motifs is 1. The molecular weight excluding hydrogens is 286 g/mol. The lowest BCUT2D eigenvalue weighted by molar-refractivity contribution is -0.117. The fourth-order valence-corrected chi connectivity index (χ4v) is 2.79. The van der Waals surface area contributed by atoms with Crippen LogP contribution >= 0.6 is 0 Å². The van der Waals surface area contributed by atoms with Crippen molar-refractivity contribution in [2.45, 2.75) is 26.7 Å². The molecule has 116 valence electrons. The molecule has 2 heterocycles. The number of pyridine rings is 1. The van der Waals surface area contributed by atoms with Gasteiger partial charge in [0.25, 0.3) is 0 Å². The van der Waals surface area contributed by atoms with E-state index in [2.05, 4.69) is 24.4 Å². The lowest BCUT2D eigenvalue weighted by atomic mass is 10.1. The Hall–Kier alpha value is -2.62. The topological polar surface area (TPSA) is 46.4 Å². The van der Waals surface area contributed by atoms with Crippen molar-refractivity contribution in [3.8, 4) is 11.3 Å². The summed E-state index contributed by atoms with van der Waals surface area (Å²) in [5.41, 5.74) is 6.00. The van der Waals surface area contributed by atoms with E-state index < -0.39 is 0 Å². The predicted octanol–water partition coefficient (Wildman–Crippen LogP) is 3.97. The molecule has 1 saturated carbocycles. The fourth-order valence-electron chi connectivity index (χ4n) is 2.79. The maximum atomic E-state index is 12.0. The Morgan fingerprint density at radius 2 is 2.04 bits per heavy atom. The third kappa shape index (κ3) is 2.61. The highest BCUT2D eigenvalue weighted by Gasteiger charge is 2.29. The number of carbonyl (C=O) groups excluding carboxylic acids is 1. The van der Waals surface area contributed by atoms with Gasteiger partial charge in [0.2, 0.25) is 5.91 Å². The van der Waals surface area contributed by atoms with Crippen LogP contribution in [0.1, 0.15) is 24.0 Å². The number of nitrogens with zero attached hydrogens (tertiary/aromatic N) is 2. The van der Waals surface area contributed by atoms with Gasteiger partial charge in [-0.1, -0.05) is 18.2 Å². The average molecular weight is 305 g/mol. The maximum Gasteiger partial charge on any atom is 0.227 e.